The number of para-hydroxylation sites is 1. The second kappa shape index (κ2) is 6.78. The van der Waals surface area contributed by atoms with Gasteiger partial charge in [0.15, 0.2) is 0 Å². The molecule has 1 N–H and O–H groups in total. The molecule has 6 heteroatoms. The molecule has 0 aliphatic carbocycles. The molecule has 1 heterocycles. The molecule has 0 atom stereocenters. The Balaban J connectivity index is 2.26. The third-order valence-electron chi connectivity index (χ3n) is 2.69. The first-order valence-electron chi connectivity index (χ1n) is 6.01. The monoisotopic (exact) mass is 287 g/mol. The summed E-state index contributed by atoms with van der Waals surface area (Å²) in [6.07, 6.45) is 6.46. The quantitative estimate of drug-likeness (QED) is 0.383. The molecule has 0 bridgehead atoms. The van der Waals surface area contributed by atoms with E-state index in [2.05, 4.69) is 16.2 Å². The van der Waals surface area contributed by atoms with Gasteiger partial charge in [-0.15, -0.1) is 18.2 Å². The van der Waals surface area contributed by atoms with Crippen LogP contribution in [0.1, 0.15) is 0 Å². The van der Waals surface area contributed by atoms with Crippen LogP contribution >= 0.6 is 11.8 Å². The minimum absolute atomic E-state index is 0.00866. The summed E-state index contributed by atoms with van der Waals surface area (Å²) < 4.78 is 0. The molecule has 2 rings (SSSR count). The van der Waals surface area contributed by atoms with Crippen LogP contribution < -0.4 is 5.32 Å². The Bertz CT molecular complexity index is 667. The maximum atomic E-state index is 11.1. The Morgan fingerprint density at radius 3 is 3.00 bits per heavy atom. The van der Waals surface area contributed by atoms with E-state index in [1.54, 1.807) is 11.8 Å². The largest absolute Gasteiger partial charge is 0.378 e. The average molecular weight is 287 g/mol. The molecule has 5 nitrogen and oxygen atoms in total. The first kappa shape index (κ1) is 14.2. The third kappa shape index (κ3) is 3.19. The summed E-state index contributed by atoms with van der Waals surface area (Å²) in [4.78, 5) is 14.8. The van der Waals surface area contributed by atoms with Gasteiger partial charge in [0.05, 0.1) is 16.2 Å². The highest BCUT2D eigenvalue weighted by Gasteiger charge is 2.17. The van der Waals surface area contributed by atoms with Gasteiger partial charge in [-0.2, -0.15) is 0 Å². The van der Waals surface area contributed by atoms with Gasteiger partial charge in [-0.1, -0.05) is 24.1 Å². The number of hydrogen-bond donors (Lipinski definition) is 1. The maximum Gasteiger partial charge on any atom is 0.311 e. The number of nitrogens with one attached hydrogen (secondary N) is 1. The maximum absolute atomic E-state index is 11.1. The number of aromatic nitrogens is 1. The molecule has 1 aromatic heterocycles. The van der Waals surface area contributed by atoms with Gasteiger partial charge in [-0.25, -0.2) is 4.98 Å². The van der Waals surface area contributed by atoms with Gasteiger partial charge in [-0.3, -0.25) is 10.1 Å². The van der Waals surface area contributed by atoms with Crippen molar-refractivity contribution in [1.29, 1.82) is 0 Å². The van der Waals surface area contributed by atoms with E-state index in [1.807, 2.05) is 24.3 Å². The summed E-state index contributed by atoms with van der Waals surface area (Å²) in [7, 11) is 0. The fourth-order valence-electron chi connectivity index (χ4n) is 1.83. The predicted molar refractivity (Wildman–Crippen MR) is 83.0 cm³/mol. The molecule has 0 aliphatic rings. The summed E-state index contributed by atoms with van der Waals surface area (Å²) in [5.74, 6) is 3.97. The van der Waals surface area contributed by atoms with E-state index in [1.165, 1.54) is 6.20 Å². The van der Waals surface area contributed by atoms with Crippen molar-refractivity contribution in [1.82, 2.24) is 4.98 Å². The van der Waals surface area contributed by atoms with Crippen LogP contribution in [0.15, 0.2) is 30.5 Å². The summed E-state index contributed by atoms with van der Waals surface area (Å²) in [5.41, 5.74) is 1.24. The van der Waals surface area contributed by atoms with E-state index in [-0.39, 0.29) is 5.69 Å². The molecular weight excluding hydrogens is 274 g/mol. The molecule has 0 spiro atoms. The van der Waals surface area contributed by atoms with Gasteiger partial charge in [0.25, 0.3) is 0 Å². The molecular formula is C14H13N3O2S. The van der Waals surface area contributed by atoms with Crippen LogP contribution in [-0.4, -0.2) is 28.0 Å². The fourth-order valence-corrected chi connectivity index (χ4v) is 2.34. The Morgan fingerprint density at radius 1 is 1.45 bits per heavy atom. The number of rotatable bonds is 6. The highest BCUT2D eigenvalue weighted by atomic mass is 32.2. The molecule has 20 heavy (non-hydrogen) atoms. The van der Waals surface area contributed by atoms with Crippen LogP contribution in [-0.2, 0) is 0 Å². The van der Waals surface area contributed by atoms with Crippen LogP contribution in [0, 0.1) is 22.5 Å². The van der Waals surface area contributed by atoms with E-state index in [4.69, 9.17) is 6.42 Å². The van der Waals surface area contributed by atoms with E-state index in [9.17, 15) is 10.1 Å². The Labute approximate surface area is 120 Å². The Morgan fingerprint density at radius 2 is 2.25 bits per heavy atom. The van der Waals surface area contributed by atoms with Gasteiger partial charge in [0.1, 0.15) is 11.9 Å². The lowest BCUT2D eigenvalue weighted by Crippen LogP contribution is -2.07. The van der Waals surface area contributed by atoms with Crippen molar-refractivity contribution in [2.24, 2.45) is 0 Å². The highest BCUT2D eigenvalue weighted by Crippen LogP contribution is 2.31. The van der Waals surface area contributed by atoms with Crippen molar-refractivity contribution in [3.05, 3.63) is 40.6 Å². The molecule has 0 amide bonds. The van der Waals surface area contributed by atoms with Gasteiger partial charge in [-0.05, 0) is 6.07 Å². The van der Waals surface area contributed by atoms with Crippen molar-refractivity contribution < 1.29 is 4.92 Å². The number of nitro groups is 1. The predicted octanol–water partition coefficient (Wildman–Crippen LogP) is 2.92. The number of nitrogens with zero attached hydrogens (tertiary/aromatic N) is 2. The first-order chi connectivity index (χ1) is 9.74. The molecule has 0 saturated heterocycles. The van der Waals surface area contributed by atoms with Crippen LogP contribution in [0.2, 0.25) is 0 Å². The molecule has 0 unspecified atom stereocenters. The van der Waals surface area contributed by atoms with Gasteiger partial charge in [0, 0.05) is 17.7 Å². The van der Waals surface area contributed by atoms with Gasteiger partial charge >= 0.3 is 5.69 Å². The van der Waals surface area contributed by atoms with Gasteiger partial charge < -0.3 is 5.32 Å². The SMILES string of the molecule is C#CCSCCNc1c([N+](=O)[O-])cnc2ccccc12. The second-order valence-electron chi connectivity index (χ2n) is 3.98. The van der Waals surface area contributed by atoms with Crippen molar-refractivity contribution >= 4 is 34.0 Å². The van der Waals surface area contributed by atoms with Crippen LogP contribution in [0.4, 0.5) is 11.4 Å². The summed E-state index contributed by atoms with van der Waals surface area (Å²) in [6, 6.07) is 7.35. The first-order valence-corrected chi connectivity index (χ1v) is 7.16. The number of anilines is 1. The van der Waals surface area contributed by atoms with Crippen molar-refractivity contribution in [3.8, 4) is 12.3 Å². The molecule has 102 valence electrons. The topological polar surface area (TPSA) is 68.1 Å². The van der Waals surface area contributed by atoms with E-state index in [0.29, 0.717) is 18.0 Å². The Hall–Kier alpha value is -2.26. The molecule has 0 aliphatic heterocycles. The van der Waals surface area contributed by atoms with Crippen LogP contribution in [0.5, 0.6) is 0 Å². The normalized spacial score (nSPS) is 10.2. The second-order valence-corrected chi connectivity index (χ2v) is 5.08. The number of benzene rings is 1. The molecule has 2 aromatic rings. The number of terminal acetylenes is 1. The number of hydrogen-bond acceptors (Lipinski definition) is 5. The minimum atomic E-state index is -0.420. The zero-order valence-corrected chi connectivity index (χ0v) is 11.5. The highest BCUT2D eigenvalue weighted by molar-refractivity contribution is 7.99. The van der Waals surface area contributed by atoms with Crippen molar-refractivity contribution in [3.63, 3.8) is 0 Å². The molecule has 0 radical (unpaired) electrons. The lowest BCUT2D eigenvalue weighted by atomic mass is 10.1. The number of fused-ring (bicyclic) bond motifs is 1. The minimum Gasteiger partial charge on any atom is -0.378 e. The third-order valence-corrected chi connectivity index (χ3v) is 3.55. The summed E-state index contributed by atoms with van der Waals surface area (Å²) in [5, 5.41) is 15.0. The van der Waals surface area contributed by atoms with E-state index in [0.717, 1.165) is 16.7 Å². The Kier molecular flexibility index (Phi) is 4.80. The molecule has 0 fully saturated rings. The zero-order chi connectivity index (χ0) is 14.4. The number of pyridine rings is 1. The summed E-state index contributed by atoms with van der Waals surface area (Å²) >= 11 is 1.61. The lowest BCUT2D eigenvalue weighted by molar-refractivity contribution is -0.384. The van der Waals surface area contributed by atoms with Crippen molar-refractivity contribution in [2.75, 3.05) is 23.4 Å². The van der Waals surface area contributed by atoms with Crippen LogP contribution in [0.3, 0.4) is 0 Å². The summed E-state index contributed by atoms with van der Waals surface area (Å²) in [6.45, 7) is 0.612. The van der Waals surface area contributed by atoms with E-state index >= 15 is 0 Å². The zero-order valence-electron chi connectivity index (χ0n) is 10.7. The standard InChI is InChI=1S/C14H13N3O2S/c1-2-8-20-9-7-15-14-11-5-3-4-6-12(11)16-10-13(14)17(18)19/h1,3-6,10H,7-9H2,(H,15,16). The molecule has 1 aromatic carbocycles. The van der Waals surface area contributed by atoms with Crippen LogP contribution in [0.25, 0.3) is 10.9 Å². The number of thioether (sulfide) groups is 1. The fraction of sp³-hybridized carbons (Fsp3) is 0.214. The smallest absolute Gasteiger partial charge is 0.311 e. The van der Waals surface area contributed by atoms with Crippen molar-refractivity contribution in [2.45, 2.75) is 0 Å². The average Bonchev–Trinajstić information content (AvgIpc) is 2.46. The van der Waals surface area contributed by atoms with E-state index < -0.39 is 4.92 Å². The van der Waals surface area contributed by atoms with Gasteiger partial charge in [0.2, 0.25) is 0 Å². The lowest BCUT2D eigenvalue weighted by Gasteiger charge is -2.09. The molecule has 0 saturated carbocycles.